The quantitative estimate of drug-likeness (QED) is 0.836. The van der Waals surface area contributed by atoms with E-state index in [0.717, 1.165) is 6.42 Å². The number of carbonyl (C=O) groups is 1. The Balaban J connectivity index is 2.27. The smallest absolute Gasteiger partial charge is 0.339 e. The summed E-state index contributed by atoms with van der Waals surface area (Å²) in [5.41, 5.74) is 0.547. The summed E-state index contributed by atoms with van der Waals surface area (Å²) in [6, 6.07) is 1.68. The van der Waals surface area contributed by atoms with Crippen molar-refractivity contribution in [3.63, 3.8) is 0 Å². The maximum absolute atomic E-state index is 11.1. The van der Waals surface area contributed by atoms with Gasteiger partial charge >= 0.3 is 5.97 Å². The summed E-state index contributed by atoms with van der Waals surface area (Å²) in [4.78, 5) is 14.9. The minimum atomic E-state index is -0.976. The molecule has 2 atom stereocenters. The predicted molar refractivity (Wildman–Crippen MR) is 63.3 cm³/mol. The lowest BCUT2D eigenvalue weighted by Crippen LogP contribution is -2.41. The van der Waals surface area contributed by atoms with Crippen molar-refractivity contribution in [1.29, 1.82) is 0 Å². The number of rotatable bonds is 3. The Morgan fingerprint density at radius 1 is 1.71 bits per heavy atom. The minimum Gasteiger partial charge on any atom is -0.478 e. The van der Waals surface area contributed by atoms with Crippen LogP contribution < -0.4 is 5.32 Å². The maximum Gasteiger partial charge on any atom is 0.339 e. The molecular weight excluding hydrogens is 220 g/mol. The van der Waals surface area contributed by atoms with Gasteiger partial charge in [-0.1, -0.05) is 0 Å². The molecule has 5 heteroatoms. The van der Waals surface area contributed by atoms with Crippen LogP contribution in [0.5, 0.6) is 0 Å². The molecule has 0 amide bonds. The summed E-state index contributed by atoms with van der Waals surface area (Å²) in [5, 5.41) is 12.3. The molecule has 1 fully saturated rings. The lowest BCUT2D eigenvalue weighted by molar-refractivity contribution is 0.0696. The van der Waals surface area contributed by atoms with E-state index in [1.807, 2.05) is 13.8 Å². The van der Waals surface area contributed by atoms with Crippen molar-refractivity contribution in [2.45, 2.75) is 31.9 Å². The molecule has 5 nitrogen and oxygen atoms in total. The largest absolute Gasteiger partial charge is 0.478 e. The topological polar surface area (TPSA) is 71.5 Å². The Morgan fingerprint density at radius 3 is 3.06 bits per heavy atom. The molecule has 0 saturated carbocycles. The zero-order chi connectivity index (χ0) is 12.5. The van der Waals surface area contributed by atoms with Crippen LogP contribution in [-0.4, -0.2) is 34.3 Å². The van der Waals surface area contributed by atoms with Crippen LogP contribution in [0.25, 0.3) is 0 Å². The first-order valence-electron chi connectivity index (χ1n) is 5.60. The van der Waals surface area contributed by atoms with E-state index in [1.165, 1.54) is 6.20 Å². The van der Waals surface area contributed by atoms with Gasteiger partial charge in [0.05, 0.1) is 17.3 Å². The van der Waals surface area contributed by atoms with E-state index in [0.29, 0.717) is 12.3 Å². The van der Waals surface area contributed by atoms with Gasteiger partial charge < -0.3 is 15.2 Å². The molecule has 1 saturated heterocycles. The number of carboxylic acid groups (broad SMARTS) is 1. The van der Waals surface area contributed by atoms with Gasteiger partial charge in [-0.15, -0.1) is 0 Å². The zero-order valence-corrected chi connectivity index (χ0v) is 9.93. The van der Waals surface area contributed by atoms with Crippen molar-refractivity contribution in [1.82, 2.24) is 4.98 Å². The van der Waals surface area contributed by atoms with Crippen molar-refractivity contribution in [3.05, 3.63) is 24.0 Å². The Kier molecular flexibility index (Phi) is 3.02. The van der Waals surface area contributed by atoms with E-state index in [4.69, 9.17) is 9.84 Å². The number of nitrogens with one attached hydrogen (secondary N) is 1. The molecular formula is C12H16N2O3. The van der Waals surface area contributed by atoms with Gasteiger partial charge in [-0.3, -0.25) is 4.98 Å². The fourth-order valence-corrected chi connectivity index (χ4v) is 1.98. The molecule has 92 valence electrons. The molecule has 1 aliphatic heterocycles. The van der Waals surface area contributed by atoms with Crippen LogP contribution in [0.4, 0.5) is 5.69 Å². The second-order valence-corrected chi connectivity index (χ2v) is 4.53. The van der Waals surface area contributed by atoms with Crippen LogP contribution in [0.1, 0.15) is 30.6 Å². The summed E-state index contributed by atoms with van der Waals surface area (Å²) in [6.07, 6.45) is 3.85. The molecule has 1 aliphatic rings. The van der Waals surface area contributed by atoms with Gasteiger partial charge in [0.2, 0.25) is 0 Å². The van der Waals surface area contributed by atoms with Crippen LogP contribution in [0.3, 0.4) is 0 Å². The van der Waals surface area contributed by atoms with Crippen molar-refractivity contribution < 1.29 is 14.6 Å². The highest BCUT2D eigenvalue weighted by atomic mass is 16.5. The lowest BCUT2D eigenvalue weighted by Gasteiger charge is -2.30. The second-order valence-electron chi connectivity index (χ2n) is 4.53. The zero-order valence-electron chi connectivity index (χ0n) is 9.93. The fourth-order valence-electron chi connectivity index (χ4n) is 1.98. The third kappa shape index (κ3) is 2.24. The molecule has 2 unspecified atom stereocenters. The number of aromatic carboxylic acids is 1. The summed E-state index contributed by atoms with van der Waals surface area (Å²) in [5.74, 6) is -0.976. The number of anilines is 1. The van der Waals surface area contributed by atoms with Crippen molar-refractivity contribution in [2.24, 2.45) is 0 Å². The lowest BCUT2D eigenvalue weighted by atomic mass is 9.94. The Hall–Kier alpha value is -1.62. The van der Waals surface area contributed by atoms with Gasteiger partial charge in [-0.2, -0.15) is 0 Å². The van der Waals surface area contributed by atoms with E-state index in [1.54, 1.807) is 12.3 Å². The molecule has 2 rings (SSSR count). The second kappa shape index (κ2) is 4.33. The summed E-state index contributed by atoms with van der Waals surface area (Å²) >= 11 is 0. The first-order chi connectivity index (χ1) is 8.03. The van der Waals surface area contributed by atoms with Crippen LogP contribution >= 0.6 is 0 Å². The van der Waals surface area contributed by atoms with E-state index < -0.39 is 5.97 Å². The number of pyridine rings is 1. The molecule has 2 heterocycles. The summed E-state index contributed by atoms with van der Waals surface area (Å²) in [7, 11) is 0. The Morgan fingerprint density at radius 2 is 2.47 bits per heavy atom. The van der Waals surface area contributed by atoms with Crippen LogP contribution in [0.15, 0.2) is 18.5 Å². The van der Waals surface area contributed by atoms with E-state index in [2.05, 4.69) is 10.3 Å². The van der Waals surface area contributed by atoms with Gasteiger partial charge in [0.25, 0.3) is 0 Å². The SMILES string of the molecule is CC1OCCC1(C)Nc1ccncc1C(=O)O. The minimum absolute atomic E-state index is 0.0531. The highest BCUT2D eigenvalue weighted by molar-refractivity contribution is 5.93. The van der Waals surface area contributed by atoms with Crippen molar-refractivity contribution in [3.8, 4) is 0 Å². The van der Waals surface area contributed by atoms with E-state index in [-0.39, 0.29) is 17.2 Å². The number of hydrogen-bond acceptors (Lipinski definition) is 4. The standard InChI is InChI=1S/C12H16N2O3/c1-8-12(2,4-6-17-8)14-10-3-5-13-7-9(10)11(15)16/h3,5,7-8H,4,6H2,1-2H3,(H,13,14)(H,15,16). The molecule has 0 aliphatic carbocycles. The molecule has 1 aromatic rings. The third-order valence-electron chi connectivity index (χ3n) is 3.36. The Bertz CT molecular complexity index is 436. The van der Waals surface area contributed by atoms with Crippen LogP contribution in [0.2, 0.25) is 0 Å². The first-order valence-corrected chi connectivity index (χ1v) is 5.60. The monoisotopic (exact) mass is 236 g/mol. The molecule has 0 radical (unpaired) electrons. The summed E-state index contributed by atoms with van der Waals surface area (Å²) < 4.78 is 5.52. The van der Waals surface area contributed by atoms with Gasteiger partial charge in [0, 0.05) is 19.0 Å². The highest BCUT2D eigenvalue weighted by Gasteiger charge is 2.37. The highest BCUT2D eigenvalue weighted by Crippen LogP contribution is 2.30. The number of aromatic nitrogens is 1. The molecule has 0 bridgehead atoms. The molecule has 0 spiro atoms. The number of ether oxygens (including phenoxy) is 1. The average Bonchev–Trinajstić information content (AvgIpc) is 2.59. The normalized spacial score (nSPS) is 28.0. The molecule has 0 aromatic carbocycles. The molecule has 2 N–H and O–H groups in total. The van der Waals surface area contributed by atoms with Gasteiger partial charge in [0.1, 0.15) is 5.56 Å². The average molecular weight is 236 g/mol. The van der Waals surface area contributed by atoms with Crippen molar-refractivity contribution in [2.75, 3.05) is 11.9 Å². The van der Waals surface area contributed by atoms with E-state index in [9.17, 15) is 4.79 Å². The van der Waals surface area contributed by atoms with Gasteiger partial charge in [-0.05, 0) is 26.3 Å². The molecule has 1 aromatic heterocycles. The Labute approximate surface area is 99.8 Å². The van der Waals surface area contributed by atoms with Gasteiger partial charge in [0.15, 0.2) is 0 Å². The van der Waals surface area contributed by atoms with Crippen LogP contribution in [-0.2, 0) is 4.74 Å². The fraction of sp³-hybridized carbons (Fsp3) is 0.500. The van der Waals surface area contributed by atoms with Crippen LogP contribution in [0, 0.1) is 0 Å². The number of carboxylic acids is 1. The van der Waals surface area contributed by atoms with Crippen molar-refractivity contribution >= 4 is 11.7 Å². The van der Waals surface area contributed by atoms with E-state index >= 15 is 0 Å². The summed E-state index contributed by atoms with van der Waals surface area (Å²) in [6.45, 7) is 4.72. The first kappa shape index (κ1) is 11.9. The number of hydrogen-bond donors (Lipinski definition) is 2. The number of nitrogens with zero attached hydrogens (tertiary/aromatic N) is 1. The molecule has 17 heavy (non-hydrogen) atoms. The maximum atomic E-state index is 11.1. The van der Waals surface area contributed by atoms with Gasteiger partial charge in [-0.25, -0.2) is 4.79 Å². The predicted octanol–water partition coefficient (Wildman–Crippen LogP) is 1.76. The third-order valence-corrected chi connectivity index (χ3v) is 3.36.